The van der Waals surface area contributed by atoms with Gasteiger partial charge in [-0.3, -0.25) is 4.99 Å². The molecule has 0 aliphatic carbocycles. The summed E-state index contributed by atoms with van der Waals surface area (Å²) in [4.78, 5) is 17.1. The van der Waals surface area contributed by atoms with E-state index in [1.165, 1.54) is 89.9 Å². The van der Waals surface area contributed by atoms with Crippen molar-refractivity contribution in [3.8, 4) is 0 Å². The normalized spacial score (nSPS) is 16.2. The van der Waals surface area contributed by atoms with Crippen LogP contribution < -0.4 is 21.2 Å². The molecule has 2 N–H and O–H groups in total. The molecule has 0 aromatic heterocycles. The number of carbonyl (C=O) groups is 1. The largest absolute Gasteiger partial charge is 0.445 e. The zero-order valence-electron chi connectivity index (χ0n) is 24.1. The molecule has 5 heteroatoms. The number of ether oxygens (including phenoxy) is 1. The summed E-state index contributed by atoms with van der Waals surface area (Å²) in [7, 11) is 0. The van der Waals surface area contributed by atoms with Gasteiger partial charge < -0.3 is 15.4 Å². The number of amides is 1. The second-order valence-corrected chi connectivity index (χ2v) is 11.3. The number of rotatable bonds is 19. The van der Waals surface area contributed by atoms with Crippen molar-refractivity contribution < 1.29 is 9.53 Å². The Morgan fingerprint density at radius 2 is 1.45 bits per heavy atom. The van der Waals surface area contributed by atoms with Crippen molar-refractivity contribution in [1.29, 1.82) is 0 Å². The van der Waals surface area contributed by atoms with Crippen LogP contribution in [-0.2, 0) is 4.74 Å². The Balaban J connectivity index is 1.19. The molecular weight excluding hydrogens is 470 g/mol. The van der Waals surface area contributed by atoms with Crippen LogP contribution in [0.2, 0.25) is 0 Å². The number of alkyl carbamates (subject to hydrolysis) is 1. The highest BCUT2D eigenvalue weighted by Gasteiger charge is 2.29. The van der Waals surface area contributed by atoms with E-state index >= 15 is 0 Å². The van der Waals surface area contributed by atoms with E-state index in [9.17, 15) is 4.79 Å². The van der Waals surface area contributed by atoms with Gasteiger partial charge in [-0.15, -0.1) is 0 Å². The Hall–Kier alpha value is -2.56. The first-order valence-corrected chi connectivity index (χ1v) is 15.3. The number of nitrogens with zero attached hydrogens (tertiary/aromatic N) is 1. The van der Waals surface area contributed by atoms with Crippen LogP contribution >= 0.6 is 0 Å². The second-order valence-electron chi connectivity index (χ2n) is 11.3. The molecular formula is C33H51N3O2. The number of hydrogen-bond acceptors (Lipinski definition) is 4. The van der Waals surface area contributed by atoms with Crippen LogP contribution in [-0.4, -0.2) is 24.9 Å². The molecule has 210 valence electrons. The van der Waals surface area contributed by atoms with Crippen LogP contribution in [0.3, 0.4) is 0 Å². The summed E-state index contributed by atoms with van der Waals surface area (Å²) >= 11 is 0. The number of unbranched alkanes of at least 4 members (excludes halogenated alkanes) is 15. The maximum atomic E-state index is 12.3. The van der Waals surface area contributed by atoms with Gasteiger partial charge in [0.1, 0.15) is 6.61 Å². The first-order chi connectivity index (χ1) is 18.5. The number of hydrogen-bond donors (Lipinski definition) is 2. The average molecular weight is 522 g/mol. The standard InChI is InChI=1S/C33H51N3O2/c1-4-5-6-7-8-9-10-11-12-13-14-15-16-17-18-19-25-34-32(37)38-26-33(3)35-29-22-20-21-28-24-23-27(2)31(36-33)30(28)29/h20-24,35H,2,4-19,25-26H2,1,3H3,(H,34,37). The molecule has 2 aromatic carbocycles. The van der Waals surface area contributed by atoms with Crippen LogP contribution in [0.4, 0.5) is 10.5 Å². The molecule has 0 radical (unpaired) electrons. The third-order valence-corrected chi connectivity index (χ3v) is 7.65. The lowest BCUT2D eigenvalue weighted by Gasteiger charge is -2.31. The minimum Gasteiger partial charge on any atom is -0.445 e. The van der Waals surface area contributed by atoms with E-state index in [0.29, 0.717) is 6.54 Å². The van der Waals surface area contributed by atoms with Gasteiger partial charge in [0.05, 0.1) is 5.36 Å². The predicted molar refractivity (Wildman–Crippen MR) is 161 cm³/mol. The monoisotopic (exact) mass is 521 g/mol. The minimum absolute atomic E-state index is 0.155. The zero-order chi connectivity index (χ0) is 27.1. The molecule has 0 saturated carbocycles. The quantitative estimate of drug-likeness (QED) is 0.184. The van der Waals surface area contributed by atoms with Crippen molar-refractivity contribution in [2.75, 3.05) is 18.5 Å². The number of carbonyl (C=O) groups excluding carboxylic acids is 1. The highest BCUT2D eigenvalue weighted by molar-refractivity contribution is 5.94. The molecule has 0 spiro atoms. The number of anilines is 1. The first kappa shape index (κ1) is 30.0. The number of nitrogens with one attached hydrogen (secondary N) is 2. The van der Waals surface area contributed by atoms with Crippen molar-refractivity contribution in [3.05, 3.63) is 40.9 Å². The smallest absolute Gasteiger partial charge is 0.407 e. The highest BCUT2D eigenvalue weighted by Crippen LogP contribution is 2.27. The molecule has 1 heterocycles. The fourth-order valence-corrected chi connectivity index (χ4v) is 5.39. The minimum atomic E-state index is -0.722. The molecule has 38 heavy (non-hydrogen) atoms. The fraction of sp³-hybridized carbons (Fsp3) is 0.636. The lowest BCUT2D eigenvalue weighted by Crippen LogP contribution is -2.46. The van der Waals surface area contributed by atoms with Gasteiger partial charge in [-0.1, -0.05) is 134 Å². The summed E-state index contributed by atoms with van der Waals surface area (Å²) in [5.74, 6) is 0. The van der Waals surface area contributed by atoms with Gasteiger partial charge in [0.2, 0.25) is 0 Å². The molecule has 3 rings (SSSR count). The third-order valence-electron chi connectivity index (χ3n) is 7.65. The van der Waals surface area contributed by atoms with E-state index in [0.717, 1.165) is 39.9 Å². The summed E-state index contributed by atoms with van der Waals surface area (Å²) in [6.07, 6.45) is 21.1. The van der Waals surface area contributed by atoms with Crippen molar-refractivity contribution in [2.45, 2.75) is 122 Å². The van der Waals surface area contributed by atoms with E-state index < -0.39 is 5.66 Å². The molecule has 1 aliphatic rings. The number of benzene rings is 2. The van der Waals surface area contributed by atoms with Gasteiger partial charge in [0.15, 0.2) is 5.66 Å². The summed E-state index contributed by atoms with van der Waals surface area (Å²) in [6, 6.07) is 10.2. The van der Waals surface area contributed by atoms with E-state index in [4.69, 9.17) is 9.73 Å². The van der Waals surface area contributed by atoms with Gasteiger partial charge in [-0.2, -0.15) is 0 Å². The van der Waals surface area contributed by atoms with Crippen molar-refractivity contribution in [2.24, 2.45) is 4.99 Å². The van der Waals surface area contributed by atoms with Crippen LogP contribution in [0.15, 0.2) is 35.3 Å². The molecule has 2 aromatic rings. The average Bonchev–Trinajstić information content (AvgIpc) is 2.91. The Morgan fingerprint density at radius 3 is 2.05 bits per heavy atom. The lowest BCUT2D eigenvalue weighted by molar-refractivity contribution is 0.126. The summed E-state index contributed by atoms with van der Waals surface area (Å²) in [6.45, 7) is 9.19. The molecule has 0 bridgehead atoms. The maximum absolute atomic E-state index is 12.3. The van der Waals surface area contributed by atoms with Gasteiger partial charge in [-0.25, -0.2) is 4.79 Å². The summed E-state index contributed by atoms with van der Waals surface area (Å²) < 4.78 is 5.54. The molecule has 1 unspecified atom stereocenters. The molecule has 5 nitrogen and oxygen atoms in total. The van der Waals surface area contributed by atoms with Crippen LogP contribution in [0.25, 0.3) is 17.4 Å². The fourth-order valence-electron chi connectivity index (χ4n) is 5.39. The Morgan fingerprint density at radius 1 is 0.868 bits per heavy atom. The van der Waals surface area contributed by atoms with Crippen molar-refractivity contribution in [3.63, 3.8) is 0 Å². The molecule has 1 aliphatic heterocycles. The summed E-state index contributed by atoms with van der Waals surface area (Å²) in [5.41, 5.74) is 0.276. The zero-order valence-corrected chi connectivity index (χ0v) is 24.1. The second kappa shape index (κ2) is 16.4. The topological polar surface area (TPSA) is 62.7 Å². The van der Waals surface area contributed by atoms with E-state index in [2.05, 4.69) is 36.3 Å². The lowest BCUT2D eigenvalue weighted by atomic mass is 10.0. The molecule has 1 atom stereocenters. The molecule has 1 amide bonds. The first-order valence-electron chi connectivity index (χ1n) is 15.3. The Bertz CT molecular complexity index is 1100. The van der Waals surface area contributed by atoms with Gasteiger partial charge in [0.25, 0.3) is 0 Å². The van der Waals surface area contributed by atoms with Gasteiger partial charge >= 0.3 is 6.09 Å². The summed E-state index contributed by atoms with van der Waals surface area (Å²) in [5, 5.41) is 10.3. The maximum Gasteiger partial charge on any atom is 0.407 e. The van der Waals surface area contributed by atoms with Gasteiger partial charge in [0, 0.05) is 17.6 Å². The highest BCUT2D eigenvalue weighted by atomic mass is 16.5. The predicted octanol–water partition coefficient (Wildman–Crippen LogP) is 8.00. The molecule has 0 saturated heterocycles. The van der Waals surface area contributed by atoms with E-state index in [-0.39, 0.29) is 12.7 Å². The van der Waals surface area contributed by atoms with Crippen LogP contribution in [0.1, 0.15) is 117 Å². The van der Waals surface area contributed by atoms with Gasteiger partial charge in [-0.05, 0) is 30.0 Å². The van der Waals surface area contributed by atoms with Crippen molar-refractivity contribution in [1.82, 2.24) is 5.32 Å². The Kier molecular flexibility index (Phi) is 13.0. The van der Waals surface area contributed by atoms with E-state index in [1.807, 2.05) is 25.1 Å². The van der Waals surface area contributed by atoms with Crippen molar-refractivity contribution >= 4 is 29.1 Å². The SMILES string of the molecule is C=c1ccc2cccc3c2c1=NC(C)(COC(=O)NCCCCCCCCCCCCCCCCCC)N3. The van der Waals surface area contributed by atoms with Crippen LogP contribution in [0.5, 0.6) is 0 Å². The Labute approximate surface area is 230 Å². The third kappa shape index (κ3) is 9.96. The van der Waals surface area contributed by atoms with Crippen LogP contribution in [0, 0.1) is 0 Å². The van der Waals surface area contributed by atoms with E-state index in [1.54, 1.807) is 0 Å². The molecule has 0 fully saturated rings.